The zero-order valence-corrected chi connectivity index (χ0v) is 10.9. The van der Waals surface area contributed by atoms with Gasteiger partial charge in [0.25, 0.3) is 11.6 Å². The van der Waals surface area contributed by atoms with Crippen LogP contribution in [0.5, 0.6) is 0 Å². The van der Waals surface area contributed by atoms with Gasteiger partial charge >= 0.3 is 0 Å². The van der Waals surface area contributed by atoms with E-state index < -0.39 is 17.1 Å². The van der Waals surface area contributed by atoms with Crippen molar-refractivity contribution in [3.8, 4) is 0 Å². The standard InChI is InChI=1S/C15H12N2O4/c18-14-13(10-6-8-12(9-7-10)17(20)21)16(15(14)19)11-4-2-1-3-5-11/h1-9,13-14,18H. The number of rotatable bonds is 3. The Bertz CT molecular complexity index is 685. The highest BCUT2D eigenvalue weighted by Gasteiger charge is 2.47. The predicted molar refractivity (Wildman–Crippen MR) is 75.8 cm³/mol. The summed E-state index contributed by atoms with van der Waals surface area (Å²) in [6.07, 6.45) is -1.12. The fraction of sp³-hybridized carbons (Fsp3) is 0.133. The molecule has 0 aromatic heterocycles. The summed E-state index contributed by atoms with van der Waals surface area (Å²) in [6.45, 7) is 0. The van der Waals surface area contributed by atoms with Crippen molar-refractivity contribution in [1.82, 2.24) is 0 Å². The minimum absolute atomic E-state index is 0.0230. The van der Waals surface area contributed by atoms with Crippen molar-refractivity contribution in [3.63, 3.8) is 0 Å². The van der Waals surface area contributed by atoms with Crippen molar-refractivity contribution >= 4 is 17.3 Å². The Morgan fingerprint density at radius 3 is 2.24 bits per heavy atom. The Morgan fingerprint density at radius 2 is 1.67 bits per heavy atom. The molecule has 0 saturated carbocycles. The molecular weight excluding hydrogens is 272 g/mol. The topological polar surface area (TPSA) is 83.7 Å². The Morgan fingerprint density at radius 1 is 1.05 bits per heavy atom. The Labute approximate surface area is 120 Å². The molecule has 1 fully saturated rings. The SMILES string of the molecule is O=C1C(O)C(c2ccc([N+](=O)[O-])cc2)N1c1ccccc1. The van der Waals surface area contributed by atoms with Crippen molar-refractivity contribution in [1.29, 1.82) is 0 Å². The van der Waals surface area contributed by atoms with Crippen LogP contribution in [0.4, 0.5) is 11.4 Å². The summed E-state index contributed by atoms with van der Waals surface area (Å²) in [7, 11) is 0. The third-order valence-corrected chi connectivity index (χ3v) is 3.55. The monoisotopic (exact) mass is 284 g/mol. The molecule has 2 aromatic rings. The van der Waals surface area contributed by atoms with E-state index in [2.05, 4.69) is 0 Å². The number of β-lactam (4-membered cyclic amide) rings is 1. The minimum atomic E-state index is -1.12. The molecule has 2 atom stereocenters. The zero-order chi connectivity index (χ0) is 15.0. The number of aliphatic hydroxyl groups is 1. The molecule has 1 aliphatic rings. The number of nitrogens with zero attached hydrogens (tertiary/aromatic N) is 2. The van der Waals surface area contributed by atoms with E-state index in [4.69, 9.17) is 0 Å². The average Bonchev–Trinajstić information content (AvgIpc) is 2.52. The Kier molecular flexibility index (Phi) is 3.15. The van der Waals surface area contributed by atoms with Gasteiger partial charge in [0, 0.05) is 17.8 Å². The molecule has 0 aliphatic carbocycles. The van der Waals surface area contributed by atoms with Crippen LogP contribution in [-0.2, 0) is 4.79 Å². The molecule has 6 heteroatoms. The first-order chi connectivity index (χ1) is 10.1. The molecule has 6 nitrogen and oxygen atoms in total. The summed E-state index contributed by atoms with van der Waals surface area (Å²) in [4.78, 5) is 23.6. The number of carbonyl (C=O) groups excluding carboxylic acids is 1. The van der Waals surface area contributed by atoms with Crippen LogP contribution >= 0.6 is 0 Å². The molecule has 0 bridgehead atoms. The van der Waals surface area contributed by atoms with Crippen LogP contribution in [0.2, 0.25) is 0 Å². The van der Waals surface area contributed by atoms with Gasteiger partial charge in [-0.2, -0.15) is 0 Å². The number of nitro groups is 1. The lowest BCUT2D eigenvalue weighted by molar-refractivity contribution is -0.384. The van der Waals surface area contributed by atoms with Gasteiger partial charge in [-0.25, -0.2) is 0 Å². The lowest BCUT2D eigenvalue weighted by Crippen LogP contribution is -2.59. The maximum Gasteiger partial charge on any atom is 0.269 e. The maximum atomic E-state index is 11.9. The number of benzene rings is 2. The number of anilines is 1. The number of non-ortho nitro benzene ring substituents is 1. The third kappa shape index (κ3) is 2.15. The van der Waals surface area contributed by atoms with E-state index in [1.165, 1.54) is 17.0 Å². The largest absolute Gasteiger partial charge is 0.381 e. The van der Waals surface area contributed by atoms with Gasteiger partial charge in [-0.1, -0.05) is 30.3 Å². The van der Waals surface area contributed by atoms with Crippen LogP contribution in [0.1, 0.15) is 11.6 Å². The number of amides is 1. The molecule has 1 saturated heterocycles. The highest BCUT2D eigenvalue weighted by atomic mass is 16.6. The van der Waals surface area contributed by atoms with Crippen molar-refractivity contribution in [2.24, 2.45) is 0 Å². The molecule has 1 N–H and O–H groups in total. The number of aliphatic hydroxyl groups excluding tert-OH is 1. The molecular formula is C15H12N2O4. The van der Waals surface area contributed by atoms with Crippen LogP contribution in [0, 0.1) is 10.1 Å². The molecule has 2 unspecified atom stereocenters. The van der Waals surface area contributed by atoms with Crippen molar-refractivity contribution in [2.75, 3.05) is 4.90 Å². The molecule has 1 heterocycles. The lowest BCUT2D eigenvalue weighted by Gasteiger charge is -2.44. The van der Waals surface area contributed by atoms with Crippen LogP contribution in [0.25, 0.3) is 0 Å². The fourth-order valence-electron chi connectivity index (χ4n) is 2.47. The van der Waals surface area contributed by atoms with Gasteiger partial charge in [-0.15, -0.1) is 0 Å². The molecule has 1 aliphatic heterocycles. The molecule has 21 heavy (non-hydrogen) atoms. The molecule has 0 spiro atoms. The maximum absolute atomic E-state index is 11.9. The first-order valence-electron chi connectivity index (χ1n) is 6.40. The molecule has 0 radical (unpaired) electrons. The summed E-state index contributed by atoms with van der Waals surface area (Å²) in [5.41, 5.74) is 1.33. The first kappa shape index (κ1) is 13.3. The van der Waals surface area contributed by atoms with E-state index in [0.29, 0.717) is 11.3 Å². The predicted octanol–water partition coefficient (Wildman–Crippen LogP) is 2.04. The first-order valence-corrected chi connectivity index (χ1v) is 6.40. The van der Waals surface area contributed by atoms with Gasteiger partial charge in [0.15, 0.2) is 6.10 Å². The van der Waals surface area contributed by atoms with Gasteiger partial charge in [0.05, 0.1) is 11.0 Å². The van der Waals surface area contributed by atoms with Gasteiger partial charge in [0.2, 0.25) is 0 Å². The number of para-hydroxylation sites is 1. The number of carbonyl (C=O) groups is 1. The minimum Gasteiger partial charge on any atom is -0.381 e. The van der Waals surface area contributed by atoms with E-state index in [0.717, 1.165) is 0 Å². The molecule has 2 aromatic carbocycles. The summed E-state index contributed by atoms with van der Waals surface area (Å²) in [5.74, 6) is -0.371. The summed E-state index contributed by atoms with van der Waals surface area (Å²) >= 11 is 0. The fourth-order valence-corrected chi connectivity index (χ4v) is 2.47. The van der Waals surface area contributed by atoms with E-state index in [1.54, 1.807) is 36.4 Å². The molecule has 1 amide bonds. The molecule has 3 rings (SSSR count). The van der Waals surface area contributed by atoms with Gasteiger partial charge in [-0.3, -0.25) is 19.8 Å². The van der Waals surface area contributed by atoms with Crippen molar-refractivity contribution in [2.45, 2.75) is 12.1 Å². The van der Waals surface area contributed by atoms with E-state index in [1.807, 2.05) is 6.07 Å². The molecule has 106 valence electrons. The average molecular weight is 284 g/mol. The van der Waals surface area contributed by atoms with Crippen molar-refractivity contribution < 1.29 is 14.8 Å². The van der Waals surface area contributed by atoms with E-state index in [9.17, 15) is 20.0 Å². The lowest BCUT2D eigenvalue weighted by atomic mass is 9.90. The number of hydrogen-bond donors (Lipinski definition) is 1. The number of hydrogen-bond acceptors (Lipinski definition) is 4. The van der Waals surface area contributed by atoms with Gasteiger partial charge < -0.3 is 5.11 Å². The second kappa shape index (κ2) is 4.99. The Hall–Kier alpha value is -2.73. The van der Waals surface area contributed by atoms with Gasteiger partial charge in [-0.05, 0) is 17.7 Å². The Balaban J connectivity index is 1.93. The summed E-state index contributed by atoms with van der Waals surface area (Å²) < 4.78 is 0. The smallest absolute Gasteiger partial charge is 0.269 e. The highest BCUT2D eigenvalue weighted by Crippen LogP contribution is 2.39. The van der Waals surface area contributed by atoms with Crippen molar-refractivity contribution in [3.05, 3.63) is 70.3 Å². The van der Waals surface area contributed by atoms with Gasteiger partial charge in [0.1, 0.15) is 0 Å². The third-order valence-electron chi connectivity index (χ3n) is 3.55. The summed E-state index contributed by atoms with van der Waals surface area (Å²) in [6, 6.07) is 14.4. The quantitative estimate of drug-likeness (QED) is 0.531. The number of nitro benzene ring substituents is 1. The van der Waals surface area contributed by atoms with Crippen LogP contribution in [0.15, 0.2) is 54.6 Å². The van der Waals surface area contributed by atoms with E-state index in [-0.39, 0.29) is 11.6 Å². The van der Waals surface area contributed by atoms with Crippen LogP contribution < -0.4 is 4.90 Å². The normalized spacial score (nSPS) is 21.0. The van der Waals surface area contributed by atoms with E-state index >= 15 is 0 Å². The van der Waals surface area contributed by atoms with Crippen LogP contribution in [0.3, 0.4) is 0 Å². The second-order valence-corrected chi connectivity index (χ2v) is 4.78. The summed E-state index contributed by atoms with van der Waals surface area (Å²) in [5, 5.41) is 20.6. The van der Waals surface area contributed by atoms with Crippen LogP contribution in [-0.4, -0.2) is 22.0 Å². The highest BCUT2D eigenvalue weighted by molar-refractivity contribution is 6.04. The second-order valence-electron chi connectivity index (χ2n) is 4.78. The zero-order valence-electron chi connectivity index (χ0n) is 10.9.